The molecule has 0 heterocycles. The Kier molecular flexibility index (Phi) is 8.47. The Morgan fingerprint density at radius 3 is 2.17 bits per heavy atom. The van der Waals surface area contributed by atoms with Gasteiger partial charge in [0.05, 0.1) is 10.6 Å². The van der Waals surface area contributed by atoms with Crippen LogP contribution in [0.1, 0.15) is 23.6 Å². The monoisotopic (exact) mass is 511 g/mol. The molecule has 0 spiro atoms. The topological polar surface area (TPSA) is 86.8 Å². The van der Waals surface area contributed by atoms with Crippen LogP contribution in [-0.2, 0) is 26.2 Å². The minimum absolute atomic E-state index is 0.0316. The van der Waals surface area contributed by atoms with Gasteiger partial charge in [-0.2, -0.15) is 0 Å². The van der Waals surface area contributed by atoms with E-state index in [1.807, 2.05) is 6.92 Å². The Balaban J connectivity index is 2.06. The number of benzene rings is 3. The van der Waals surface area contributed by atoms with Gasteiger partial charge in [0.2, 0.25) is 11.8 Å². The van der Waals surface area contributed by atoms with Crippen molar-refractivity contribution in [2.24, 2.45) is 0 Å². The van der Waals surface area contributed by atoms with Crippen molar-refractivity contribution in [2.75, 3.05) is 17.9 Å². The lowest BCUT2D eigenvalue weighted by Gasteiger charge is -2.32. The molecule has 0 aliphatic carbocycles. The number of rotatable bonds is 9. The molecule has 2 amide bonds. The van der Waals surface area contributed by atoms with Gasteiger partial charge in [-0.05, 0) is 50.6 Å². The van der Waals surface area contributed by atoms with Gasteiger partial charge in [-0.25, -0.2) is 12.8 Å². The molecule has 0 aliphatic rings. The molecule has 0 bridgehead atoms. The van der Waals surface area contributed by atoms with Gasteiger partial charge in [-0.3, -0.25) is 13.9 Å². The van der Waals surface area contributed by atoms with Crippen LogP contribution in [0.2, 0.25) is 0 Å². The summed E-state index contributed by atoms with van der Waals surface area (Å²) in [5.74, 6) is -1.63. The van der Waals surface area contributed by atoms with E-state index in [0.29, 0.717) is 11.3 Å². The Labute approximate surface area is 211 Å². The summed E-state index contributed by atoms with van der Waals surface area (Å²) in [5, 5.41) is 2.50. The first-order chi connectivity index (χ1) is 17.1. The number of nitrogens with zero attached hydrogens (tertiary/aromatic N) is 2. The summed E-state index contributed by atoms with van der Waals surface area (Å²) in [7, 11) is -2.71. The fourth-order valence-corrected chi connectivity index (χ4v) is 5.27. The molecule has 36 heavy (non-hydrogen) atoms. The van der Waals surface area contributed by atoms with Crippen LogP contribution < -0.4 is 9.62 Å². The number of carbonyl (C=O) groups is 2. The van der Waals surface area contributed by atoms with Crippen molar-refractivity contribution in [3.05, 3.63) is 95.3 Å². The van der Waals surface area contributed by atoms with Gasteiger partial charge in [-0.15, -0.1) is 0 Å². The highest BCUT2D eigenvalue weighted by molar-refractivity contribution is 7.92. The molecule has 0 fully saturated rings. The van der Waals surface area contributed by atoms with Crippen LogP contribution in [0.15, 0.2) is 77.7 Å². The number of halogens is 1. The molecule has 0 radical (unpaired) electrons. The van der Waals surface area contributed by atoms with Crippen LogP contribution in [-0.4, -0.2) is 44.8 Å². The van der Waals surface area contributed by atoms with Gasteiger partial charge in [0.25, 0.3) is 10.0 Å². The Bertz CT molecular complexity index is 1340. The average Bonchev–Trinajstić information content (AvgIpc) is 2.86. The molecule has 3 aromatic carbocycles. The highest BCUT2D eigenvalue weighted by atomic mass is 32.2. The van der Waals surface area contributed by atoms with Crippen LogP contribution >= 0.6 is 0 Å². The largest absolute Gasteiger partial charge is 0.357 e. The van der Waals surface area contributed by atoms with Gasteiger partial charge in [0.1, 0.15) is 18.4 Å². The molecule has 0 unspecified atom stereocenters. The van der Waals surface area contributed by atoms with Crippen molar-refractivity contribution in [3.8, 4) is 0 Å². The second-order valence-corrected chi connectivity index (χ2v) is 10.4. The number of sulfonamides is 1. The van der Waals surface area contributed by atoms with Crippen molar-refractivity contribution in [1.29, 1.82) is 0 Å². The molecule has 190 valence electrons. The van der Waals surface area contributed by atoms with E-state index in [4.69, 9.17) is 0 Å². The molecule has 0 saturated carbocycles. The minimum Gasteiger partial charge on any atom is -0.357 e. The van der Waals surface area contributed by atoms with Crippen molar-refractivity contribution < 1.29 is 22.4 Å². The summed E-state index contributed by atoms with van der Waals surface area (Å²) >= 11 is 0. The average molecular weight is 512 g/mol. The minimum atomic E-state index is -4.14. The third kappa shape index (κ3) is 5.91. The first kappa shape index (κ1) is 26.9. The fourth-order valence-electron chi connectivity index (χ4n) is 3.80. The molecule has 3 aromatic rings. The predicted molar refractivity (Wildman–Crippen MR) is 137 cm³/mol. The SMILES string of the molecule is CNC(=O)[C@@H](C)N(Cc1ccccc1F)C(=O)CN(c1ccccc1C)S(=O)(=O)c1ccc(C)cc1. The number of anilines is 1. The van der Waals surface area contributed by atoms with Gasteiger partial charge in [0.15, 0.2) is 0 Å². The molecule has 3 rings (SSSR count). The summed E-state index contributed by atoms with van der Waals surface area (Å²) in [4.78, 5) is 27.3. The zero-order chi connectivity index (χ0) is 26.5. The van der Waals surface area contributed by atoms with E-state index in [-0.39, 0.29) is 17.0 Å². The third-order valence-electron chi connectivity index (χ3n) is 5.98. The number of aryl methyl sites for hydroxylation is 2. The number of amides is 2. The van der Waals surface area contributed by atoms with Crippen molar-refractivity contribution in [2.45, 2.75) is 38.3 Å². The van der Waals surface area contributed by atoms with Crippen LogP contribution in [0.4, 0.5) is 10.1 Å². The van der Waals surface area contributed by atoms with Crippen molar-refractivity contribution in [3.63, 3.8) is 0 Å². The number of para-hydroxylation sites is 1. The maximum absolute atomic E-state index is 14.4. The summed E-state index contributed by atoms with van der Waals surface area (Å²) in [5.41, 5.74) is 2.10. The summed E-state index contributed by atoms with van der Waals surface area (Å²) < 4.78 is 43.0. The molecular weight excluding hydrogens is 481 g/mol. The zero-order valence-electron chi connectivity index (χ0n) is 20.7. The number of nitrogens with one attached hydrogen (secondary N) is 1. The second-order valence-electron chi connectivity index (χ2n) is 8.51. The van der Waals surface area contributed by atoms with Gasteiger partial charge in [-0.1, -0.05) is 54.1 Å². The molecule has 7 nitrogen and oxygen atoms in total. The summed E-state index contributed by atoms with van der Waals surface area (Å²) in [6.45, 7) is 4.34. The summed E-state index contributed by atoms with van der Waals surface area (Å²) in [6.07, 6.45) is 0. The smallest absolute Gasteiger partial charge is 0.264 e. The van der Waals surface area contributed by atoms with E-state index < -0.39 is 40.2 Å². The molecular formula is C27H30FN3O4S. The molecule has 0 aliphatic heterocycles. The third-order valence-corrected chi connectivity index (χ3v) is 7.76. The van der Waals surface area contributed by atoms with E-state index in [9.17, 15) is 22.4 Å². The Morgan fingerprint density at radius 1 is 0.944 bits per heavy atom. The summed E-state index contributed by atoms with van der Waals surface area (Å²) in [6, 6.07) is 18.2. The first-order valence-corrected chi connectivity index (χ1v) is 12.9. The lowest BCUT2D eigenvalue weighted by Crippen LogP contribution is -2.51. The number of carbonyl (C=O) groups excluding carboxylic acids is 2. The van der Waals surface area contributed by atoms with Gasteiger partial charge in [0, 0.05) is 19.2 Å². The maximum atomic E-state index is 14.4. The van der Waals surface area contributed by atoms with E-state index in [1.165, 1.54) is 49.2 Å². The van der Waals surface area contributed by atoms with E-state index in [0.717, 1.165) is 9.87 Å². The maximum Gasteiger partial charge on any atom is 0.264 e. The first-order valence-electron chi connectivity index (χ1n) is 11.5. The normalized spacial score (nSPS) is 12.0. The highest BCUT2D eigenvalue weighted by Crippen LogP contribution is 2.27. The van der Waals surface area contributed by atoms with E-state index in [2.05, 4.69) is 5.32 Å². The van der Waals surface area contributed by atoms with Crippen LogP contribution in [0.3, 0.4) is 0 Å². The highest BCUT2D eigenvalue weighted by Gasteiger charge is 2.33. The van der Waals surface area contributed by atoms with E-state index >= 15 is 0 Å². The van der Waals surface area contributed by atoms with Crippen LogP contribution in [0, 0.1) is 19.7 Å². The van der Waals surface area contributed by atoms with E-state index in [1.54, 1.807) is 49.4 Å². The van der Waals surface area contributed by atoms with Crippen LogP contribution in [0.25, 0.3) is 0 Å². The Morgan fingerprint density at radius 2 is 1.56 bits per heavy atom. The molecule has 1 atom stereocenters. The fraction of sp³-hybridized carbons (Fsp3) is 0.259. The standard InChI is InChI=1S/C27H30FN3O4S/c1-19-13-15-23(16-14-19)36(34,35)31(25-12-8-5-9-20(25)2)18-26(32)30(21(3)27(33)29-4)17-22-10-6-7-11-24(22)28/h5-16,21H,17-18H2,1-4H3,(H,29,33)/t21-/m1/s1. The second kappa shape index (κ2) is 11.3. The molecule has 0 saturated heterocycles. The van der Waals surface area contributed by atoms with Crippen molar-refractivity contribution in [1.82, 2.24) is 10.2 Å². The van der Waals surface area contributed by atoms with Gasteiger partial charge < -0.3 is 10.2 Å². The quantitative estimate of drug-likeness (QED) is 0.474. The molecule has 1 N–H and O–H groups in total. The number of likely N-dealkylation sites (N-methyl/N-ethyl adjacent to an activating group) is 1. The number of hydrogen-bond acceptors (Lipinski definition) is 4. The van der Waals surface area contributed by atoms with Gasteiger partial charge >= 0.3 is 0 Å². The van der Waals surface area contributed by atoms with Crippen LogP contribution in [0.5, 0.6) is 0 Å². The molecule has 0 aromatic heterocycles. The predicted octanol–water partition coefficient (Wildman–Crippen LogP) is 3.80. The van der Waals surface area contributed by atoms with Crippen molar-refractivity contribution >= 4 is 27.5 Å². The number of hydrogen-bond donors (Lipinski definition) is 1. The lowest BCUT2D eigenvalue weighted by molar-refractivity contribution is -0.139. The Hall–Kier alpha value is -3.72. The lowest BCUT2D eigenvalue weighted by atomic mass is 10.1. The zero-order valence-corrected chi connectivity index (χ0v) is 21.5. The molecule has 9 heteroatoms.